The number of rotatable bonds is 5. The van der Waals surface area contributed by atoms with Crippen molar-refractivity contribution in [2.75, 3.05) is 6.61 Å². The van der Waals surface area contributed by atoms with E-state index >= 15 is 0 Å². The molecular formula is C20H16BrFN4O4. The molecule has 10 heteroatoms. The molecule has 8 nitrogen and oxygen atoms in total. The number of ether oxygens (including phenoxy) is 2. The fourth-order valence-electron chi connectivity index (χ4n) is 3.07. The summed E-state index contributed by atoms with van der Waals surface area (Å²) in [6.07, 6.45) is 0. The summed E-state index contributed by atoms with van der Waals surface area (Å²) < 4.78 is 27.8. The van der Waals surface area contributed by atoms with Gasteiger partial charge in [-0.25, -0.2) is 9.18 Å². The average Bonchev–Trinajstić information content (AvgIpc) is 3.14. The number of halogens is 2. The van der Waals surface area contributed by atoms with Gasteiger partial charge >= 0.3 is 5.97 Å². The number of carbonyl (C=O) groups is 1. The SMILES string of the molecule is Cc1ccc2c(c1)c(=O)n(C)c1nnc(COC(=O)COc3ccc(Br)cc3F)n21. The van der Waals surface area contributed by atoms with Gasteiger partial charge in [-0.3, -0.25) is 13.8 Å². The normalized spacial score (nSPS) is 11.2. The molecule has 0 spiro atoms. The first-order valence-corrected chi connectivity index (χ1v) is 9.71. The van der Waals surface area contributed by atoms with E-state index in [0.29, 0.717) is 27.0 Å². The lowest BCUT2D eigenvalue weighted by atomic mass is 10.1. The van der Waals surface area contributed by atoms with Crippen LogP contribution >= 0.6 is 15.9 Å². The minimum Gasteiger partial charge on any atom is -0.479 e. The van der Waals surface area contributed by atoms with E-state index in [0.717, 1.165) is 5.56 Å². The molecule has 0 N–H and O–H groups in total. The molecule has 0 amide bonds. The van der Waals surface area contributed by atoms with E-state index in [-0.39, 0.29) is 17.9 Å². The quantitative estimate of drug-likeness (QED) is 0.413. The van der Waals surface area contributed by atoms with Gasteiger partial charge in [0, 0.05) is 11.5 Å². The van der Waals surface area contributed by atoms with E-state index in [1.807, 2.05) is 13.0 Å². The van der Waals surface area contributed by atoms with Crippen LogP contribution in [0, 0.1) is 12.7 Å². The van der Waals surface area contributed by atoms with Gasteiger partial charge in [-0.1, -0.05) is 27.6 Å². The highest BCUT2D eigenvalue weighted by atomic mass is 79.9. The minimum absolute atomic E-state index is 0.0561. The maximum atomic E-state index is 13.8. The van der Waals surface area contributed by atoms with Gasteiger partial charge < -0.3 is 9.47 Å². The maximum Gasteiger partial charge on any atom is 0.344 e. The predicted octanol–water partition coefficient (Wildman–Crippen LogP) is 2.91. The highest BCUT2D eigenvalue weighted by Crippen LogP contribution is 2.21. The van der Waals surface area contributed by atoms with Gasteiger partial charge in [0.1, 0.15) is 0 Å². The van der Waals surface area contributed by atoms with Crippen LogP contribution in [-0.4, -0.2) is 31.7 Å². The largest absolute Gasteiger partial charge is 0.479 e. The minimum atomic E-state index is -0.695. The van der Waals surface area contributed by atoms with Crippen LogP contribution in [0.4, 0.5) is 4.39 Å². The Bertz CT molecular complexity index is 1350. The van der Waals surface area contributed by atoms with E-state index in [9.17, 15) is 14.0 Å². The molecule has 0 fully saturated rings. The molecule has 0 aliphatic heterocycles. The molecule has 30 heavy (non-hydrogen) atoms. The molecule has 2 heterocycles. The van der Waals surface area contributed by atoms with E-state index in [4.69, 9.17) is 9.47 Å². The molecule has 0 radical (unpaired) electrons. The van der Waals surface area contributed by atoms with E-state index in [2.05, 4.69) is 26.1 Å². The number of aryl methyl sites for hydroxylation is 2. The first kappa shape index (κ1) is 20.0. The van der Waals surface area contributed by atoms with Gasteiger partial charge in [0.2, 0.25) is 5.78 Å². The van der Waals surface area contributed by atoms with Crippen molar-refractivity contribution in [2.24, 2.45) is 7.05 Å². The third-order valence-electron chi connectivity index (χ3n) is 4.54. The number of nitrogens with zero attached hydrogens (tertiary/aromatic N) is 4. The van der Waals surface area contributed by atoms with Gasteiger partial charge in [0.25, 0.3) is 5.56 Å². The molecule has 0 saturated carbocycles. The molecule has 0 bridgehead atoms. The van der Waals surface area contributed by atoms with E-state index in [1.54, 1.807) is 29.6 Å². The van der Waals surface area contributed by atoms with Gasteiger partial charge in [-0.2, -0.15) is 0 Å². The van der Waals surface area contributed by atoms with E-state index in [1.165, 1.54) is 16.7 Å². The Kier molecular flexibility index (Phi) is 5.25. The second kappa shape index (κ2) is 7.86. The lowest BCUT2D eigenvalue weighted by Crippen LogP contribution is -2.21. The Hall–Kier alpha value is -3.27. The molecule has 0 aliphatic rings. The lowest BCUT2D eigenvalue weighted by Gasteiger charge is -2.10. The second-order valence-electron chi connectivity index (χ2n) is 6.66. The van der Waals surface area contributed by atoms with Gasteiger partial charge in [0.15, 0.2) is 30.6 Å². The van der Waals surface area contributed by atoms with Gasteiger partial charge in [0.05, 0.1) is 10.9 Å². The van der Waals surface area contributed by atoms with Gasteiger partial charge in [-0.05, 0) is 37.3 Å². The van der Waals surface area contributed by atoms with Crippen LogP contribution in [0.2, 0.25) is 0 Å². The number of aromatic nitrogens is 4. The summed E-state index contributed by atoms with van der Waals surface area (Å²) in [5, 5.41) is 8.60. The molecule has 154 valence electrons. The van der Waals surface area contributed by atoms with Crippen LogP contribution in [0.1, 0.15) is 11.4 Å². The van der Waals surface area contributed by atoms with Crippen molar-refractivity contribution < 1.29 is 18.7 Å². The molecule has 4 rings (SSSR count). The Labute approximate surface area is 178 Å². The number of hydrogen-bond acceptors (Lipinski definition) is 6. The van der Waals surface area contributed by atoms with Crippen LogP contribution in [0.5, 0.6) is 5.75 Å². The van der Waals surface area contributed by atoms with Crippen LogP contribution < -0.4 is 10.3 Å². The van der Waals surface area contributed by atoms with Crippen molar-refractivity contribution >= 4 is 38.6 Å². The summed E-state index contributed by atoms with van der Waals surface area (Å²) >= 11 is 3.15. The highest BCUT2D eigenvalue weighted by molar-refractivity contribution is 9.10. The summed E-state index contributed by atoms with van der Waals surface area (Å²) in [4.78, 5) is 24.6. The third kappa shape index (κ3) is 3.65. The van der Waals surface area contributed by atoms with Crippen molar-refractivity contribution in [3.63, 3.8) is 0 Å². The fraction of sp³-hybridized carbons (Fsp3) is 0.200. The Balaban J connectivity index is 1.55. The number of benzene rings is 2. The number of esters is 1. The average molecular weight is 475 g/mol. The number of hydrogen-bond donors (Lipinski definition) is 0. The summed E-state index contributed by atoms with van der Waals surface area (Å²) in [6, 6.07) is 9.70. The van der Waals surface area contributed by atoms with Crippen LogP contribution in [0.15, 0.2) is 45.7 Å². The van der Waals surface area contributed by atoms with Crippen molar-refractivity contribution in [1.29, 1.82) is 0 Å². The summed E-state index contributed by atoms with van der Waals surface area (Å²) in [7, 11) is 1.60. The van der Waals surface area contributed by atoms with Crippen molar-refractivity contribution in [3.8, 4) is 5.75 Å². The predicted molar refractivity (Wildman–Crippen MR) is 110 cm³/mol. The van der Waals surface area contributed by atoms with Crippen molar-refractivity contribution in [1.82, 2.24) is 19.2 Å². The second-order valence-corrected chi connectivity index (χ2v) is 7.58. The van der Waals surface area contributed by atoms with Crippen molar-refractivity contribution in [3.05, 3.63) is 68.4 Å². The Morgan fingerprint density at radius 3 is 2.77 bits per heavy atom. The monoisotopic (exact) mass is 474 g/mol. The van der Waals surface area contributed by atoms with Crippen LogP contribution in [-0.2, 0) is 23.2 Å². The molecule has 4 aromatic rings. The number of fused-ring (bicyclic) bond motifs is 3. The summed E-state index contributed by atoms with van der Waals surface area (Å²) in [5.74, 6) is -0.671. The lowest BCUT2D eigenvalue weighted by molar-refractivity contribution is -0.147. The number of carbonyl (C=O) groups excluding carboxylic acids is 1. The highest BCUT2D eigenvalue weighted by Gasteiger charge is 2.16. The molecule has 0 unspecified atom stereocenters. The van der Waals surface area contributed by atoms with E-state index < -0.39 is 18.4 Å². The topological polar surface area (TPSA) is 87.7 Å². The van der Waals surface area contributed by atoms with Crippen molar-refractivity contribution in [2.45, 2.75) is 13.5 Å². The Morgan fingerprint density at radius 2 is 2.00 bits per heavy atom. The first-order chi connectivity index (χ1) is 14.3. The van der Waals surface area contributed by atoms with Crippen LogP contribution in [0.25, 0.3) is 16.7 Å². The third-order valence-corrected chi connectivity index (χ3v) is 5.04. The fourth-order valence-corrected chi connectivity index (χ4v) is 3.40. The van der Waals surface area contributed by atoms with Gasteiger partial charge in [-0.15, -0.1) is 10.2 Å². The molecular weight excluding hydrogens is 459 g/mol. The zero-order chi connectivity index (χ0) is 21.4. The molecule has 0 atom stereocenters. The zero-order valence-corrected chi connectivity index (χ0v) is 17.6. The zero-order valence-electron chi connectivity index (χ0n) is 16.1. The molecule has 2 aromatic carbocycles. The first-order valence-electron chi connectivity index (χ1n) is 8.92. The summed E-state index contributed by atoms with van der Waals surface area (Å²) in [6.45, 7) is 1.24. The molecule has 2 aromatic heterocycles. The standard InChI is InChI=1S/C20H16BrFN4O4/c1-11-3-5-15-13(7-11)19(28)25(2)20-24-23-17(26(15)20)9-30-18(27)10-29-16-6-4-12(21)8-14(16)22/h3-8H,9-10H2,1-2H3. The molecule has 0 aliphatic carbocycles. The molecule has 0 saturated heterocycles. The van der Waals surface area contributed by atoms with Crippen LogP contribution in [0.3, 0.4) is 0 Å². The smallest absolute Gasteiger partial charge is 0.344 e. The Morgan fingerprint density at radius 1 is 1.20 bits per heavy atom. The summed E-state index contributed by atoms with van der Waals surface area (Å²) in [5.41, 5.74) is 1.36. The maximum absolute atomic E-state index is 13.8.